The van der Waals surface area contributed by atoms with E-state index in [0.717, 1.165) is 23.6 Å². The molecule has 1 rings (SSSR count). The zero-order valence-electron chi connectivity index (χ0n) is 10.8. The topological polar surface area (TPSA) is 45.2 Å². The fourth-order valence-electron chi connectivity index (χ4n) is 1.44. The molecule has 17 heavy (non-hydrogen) atoms. The molecule has 0 aliphatic carbocycles. The lowest BCUT2D eigenvalue weighted by molar-refractivity contribution is 0.225. The molecule has 0 unspecified atom stereocenters. The number of carbonyl (C=O) groups is 1. The molecule has 0 radical (unpaired) electrons. The van der Waals surface area contributed by atoms with Crippen molar-refractivity contribution in [2.75, 3.05) is 30.9 Å². The van der Waals surface area contributed by atoms with Crippen molar-refractivity contribution in [3.63, 3.8) is 0 Å². The van der Waals surface area contributed by atoms with Crippen LogP contribution in [0.4, 0.5) is 10.6 Å². The first-order valence-electron chi connectivity index (χ1n) is 5.49. The lowest BCUT2D eigenvalue weighted by Gasteiger charge is -2.17. The number of urea groups is 1. The number of nitrogens with zero attached hydrogens (tertiary/aromatic N) is 2. The molecular formula is C12H19N3OS. The van der Waals surface area contributed by atoms with Crippen molar-refractivity contribution in [3.05, 3.63) is 23.4 Å². The Balaban J connectivity index is 2.61. The van der Waals surface area contributed by atoms with Crippen LogP contribution in [0.25, 0.3) is 0 Å². The molecule has 94 valence electrons. The Hall–Kier alpha value is -1.23. The third kappa shape index (κ3) is 4.65. The van der Waals surface area contributed by atoms with E-state index in [1.165, 1.54) is 0 Å². The highest BCUT2D eigenvalue weighted by molar-refractivity contribution is 7.98. The van der Waals surface area contributed by atoms with Crippen LogP contribution in [0.3, 0.4) is 0 Å². The number of hydrogen-bond donors (Lipinski definition) is 1. The normalized spacial score (nSPS) is 10.1. The van der Waals surface area contributed by atoms with Gasteiger partial charge in [0.2, 0.25) is 0 Å². The van der Waals surface area contributed by atoms with Gasteiger partial charge in [-0.25, -0.2) is 9.78 Å². The first kappa shape index (κ1) is 13.8. The van der Waals surface area contributed by atoms with Gasteiger partial charge in [-0.15, -0.1) is 0 Å². The lowest BCUT2D eigenvalue weighted by Crippen LogP contribution is -2.33. The second kappa shape index (κ2) is 6.49. The van der Waals surface area contributed by atoms with Crippen LogP contribution in [-0.4, -0.2) is 41.5 Å². The zero-order chi connectivity index (χ0) is 12.8. The second-order valence-electron chi connectivity index (χ2n) is 4.02. The number of thioether (sulfide) groups is 1. The first-order valence-corrected chi connectivity index (χ1v) is 6.88. The molecule has 5 heteroatoms. The maximum Gasteiger partial charge on any atom is 0.322 e. The Bertz CT molecular complexity index is 375. The molecule has 0 atom stereocenters. The Labute approximate surface area is 107 Å². The average molecular weight is 253 g/mol. The number of pyridine rings is 1. The lowest BCUT2D eigenvalue weighted by atomic mass is 10.2. The largest absolute Gasteiger partial charge is 0.327 e. The third-order valence-corrected chi connectivity index (χ3v) is 2.90. The van der Waals surface area contributed by atoms with Crippen LogP contribution in [0.15, 0.2) is 12.1 Å². The highest BCUT2D eigenvalue weighted by Gasteiger charge is 2.09. The second-order valence-corrected chi connectivity index (χ2v) is 5.00. The minimum Gasteiger partial charge on any atom is -0.327 e. The van der Waals surface area contributed by atoms with E-state index in [1.807, 2.05) is 32.2 Å². The van der Waals surface area contributed by atoms with Gasteiger partial charge in [0.1, 0.15) is 5.82 Å². The Morgan fingerprint density at radius 2 is 2.18 bits per heavy atom. The molecule has 0 spiro atoms. The summed E-state index contributed by atoms with van der Waals surface area (Å²) < 4.78 is 0. The molecule has 0 aromatic carbocycles. The molecule has 1 N–H and O–H groups in total. The molecule has 1 heterocycles. The molecule has 0 aliphatic heterocycles. The van der Waals surface area contributed by atoms with Gasteiger partial charge >= 0.3 is 6.03 Å². The van der Waals surface area contributed by atoms with Crippen LogP contribution in [-0.2, 0) is 0 Å². The van der Waals surface area contributed by atoms with Crippen molar-refractivity contribution in [2.24, 2.45) is 0 Å². The van der Waals surface area contributed by atoms with Crippen LogP contribution in [0, 0.1) is 13.8 Å². The van der Waals surface area contributed by atoms with Crippen molar-refractivity contribution >= 4 is 23.6 Å². The maximum atomic E-state index is 11.8. The van der Waals surface area contributed by atoms with E-state index in [1.54, 1.807) is 23.7 Å². The molecule has 0 aliphatic rings. The molecule has 0 bridgehead atoms. The number of anilines is 1. The number of aryl methyl sites for hydroxylation is 2. The summed E-state index contributed by atoms with van der Waals surface area (Å²) >= 11 is 1.72. The molecular weight excluding hydrogens is 234 g/mol. The number of amides is 2. The summed E-state index contributed by atoms with van der Waals surface area (Å²) in [6.07, 6.45) is 2.03. The van der Waals surface area contributed by atoms with E-state index in [-0.39, 0.29) is 6.03 Å². The predicted molar refractivity (Wildman–Crippen MR) is 73.7 cm³/mol. The molecule has 0 fully saturated rings. The van der Waals surface area contributed by atoms with Crippen molar-refractivity contribution in [3.8, 4) is 0 Å². The van der Waals surface area contributed by atoms with Crippen molar-refractivity contribution in [1.82, 2.24) is 9.88 Å². The number of aromatic nitrogens is 1. The van der Waals surface area contributed by atoms with E-state index in [9.17, 15) is 4.79 Å². The Morgan fingerprint density at radius 3 is 2.76 bits per heavy atom. The summed E-state index contributed by atoms with van der Waals surface area (Å²) in [6, 6.07) is 3.73. The van der Waals surface area contributed by atoms with Crippen LogP contribution in [0.2, 0.25) is 0 Å². The van der Waals surface area contributed by atoms with Gasteiger partial charge in [0, 0.05) is 25.0 Å². The highest BCUT2D eigenvalue weighted by atomic mass is 32.2. The van der Waals surface area contributed by atoms with Gasteiger partial charge in [0.15, 0.2) is 0 Å². The molecule has 0 saturated heterocycles. The molecule has 1 aromatic heterocycles. The summed E-state index contributed by atoms with van der Waals surface area (Å²) in [5, 5.41) is 2.80. The number of hydrogen-bond acceptors (Lipinski definition) is 3. The Morgan fingerprint density at radius 1 is 1.47 bits per heavy atom. The van der Waals surface area contributed by atoms with Gasteiger partial charge in [0.05, 0.1) is 0 Å². The van der Waals surface area contributed by atoms with Gasteiger partial charge < -0.3 is 4.90 Å². The summed E-state index contributed by atoms with van der Waals surface area (Å²) in [7, 11) is 1.79. The number of carbonyl (C=O) groups excluding carboxylic acids is 1. The standard InChI is InChI=1S/C12H19N3OS/c1-9-7-10(2)13-11(8-9)14-12(16)15(3)5-6-17-4/h7-8H,5-6H2,1-4H3,(H,13,14,16). The van der Waals surface area contributed by atoms with Crippen LogP contribution >= 0.6 is 11.8 Å². The van der Waals surface area contributed by atoms with Crippen LogP contribution in [0.1, 0.15) is 11.3 Å². The highest BCUT2D eigenvalue weighted by Crippen LogP contribution is 2.09. The molecule has 1 aromatic rings. The summed E-state index contributed by atoms with van der Waals surface area (Å²) in [5.41, 5.74) is 2.01. The van der Waals surface area contributed by atoms with E-state index in [0.29, 0.717) is 5.82 Å². The first-order chi connectivity index (χ1) is 8.02. The van der Waals surface area contributed by atoms with Gasteiger partial charge in [-0.05, 0) is 37.8 Å². The minimum absolute atomic E-state index is 0.114. The molecule has 2 amide bonds. The summed E-state index contributed by atoms with van der Waals surface area (Å²) in [6.45, 7) is 4.64. The zero-order valence-corrected chi connectivity index (χ0v) is 11.6. The summed E-state index contributed by atoms with van der Waals surface area (Å²) in [5.74, 6) is 1.55. The van der Waals surface area contributed by atoms with E-state index in [4.69, 9.17) is 0 Å². The third-order valence-electron chi connectivity index (χ3n) is 2.31. The smallest absolute Gasteiger partial charge is 0.322 e. The number of nitrogens with one attached hydrogen (secondary N) is 1. The number of rotatable bonds is 4. The van der Waals surface area contributed by atoms with Gasteiger partial charge in [-0.3, -0.25) is 5.32 Å². The van der Waals surface area contributed by atoms with E-state index in [2.05, 4.69) is 10.3 Å². The van der Waals surface area contributed by atoms with Crippen LogP contribution in [0.5, 0.6) is 0 Å². The predicted octanol–water partition coefficient (Wildman–Crippen LogP) is 2.53. The SMILES string of the molecule is CSCCN(C)C(=O)Nc1cc(C)cc(C)n1. The van der Waals surface area contributed by atoms with Crippen molar-refractivity contribution < 1.29 is 4.79 Å². The van der Waals surface area contributed by atoms with Gasteiger partial charge in [0.25, 0.3) is 0 Å². The van der Waals surface area contributed by atoms with E-state index < -0.39 is 0 Å². The van der Waals surface area contributed by atoms with Crippen molar-refractivity contribution in [2.45, 2.75) is 13.8 Å². The van der Waals surface area contributed by atoms with Gasteiger partial charge in [-0.2, -0.15) is 11.8 Å². The van der Waals surface area contributed by atoms with Gasteiger partial charge in [-0.1, -0.05) is 0 Å². The van der Waals surface area contributed by atoms with Crippen LogP contribution < -0.4 is 5.32 Å². The monoisotopic (exact) mass is 253 g/mol. The maximum absolute atomic E-state index is 11.8. The minimum atomic E-state index is -0.114. The Kier molecular flexibility index (Phi) is 5.28. The summed E-state index contributed by atoms with van der Waals surface area (Å²) in [4.78, 5) is 17.7. The quantitative estimate of drug-likeness (QED) is 0.897. The fourth-order valence-corrected chi connectivity index (χ4v) is 1.90. The molecule has 0 saturated carbocycles. The average Bonchev–Trinajstić information content (AvgIpc) is 2.24. The van der Waals surface area contributed by atoms with Crippen molar-refractivity contribution in [1.29, 1.82) is 0 Å². The van der Waals surface area contributed by atoms with E-state index >= 15 is 0 Å². The fraction of sp³-hybridized carbons (Fsp3) is 0.500. The molecule has 4 nitrogen and oxygen atoms in total.